The molecule has 214 valence electrons. The van der Waals surface area contributed by atoms with Crippen LogP contribution in [0.15, 0.2) is 42.5 Å². The number of hydrogen-bond donors (Lipinski definition) is 4. The molecule has 3 amide bonds. The van der Waals surface area contributed by atoms with Crippen LogP contribution in [0.2, 0.25) is 0 Å². The molecule has 0 aliphatic carbocycles. The first kappa shape index (κ1) is 32.0. The number of thioether (sulfide) groups is 1. The third-order valence-corrected chi connectivity index (χ3v) is 6.77. The van der Waals surface area contributed by atoms with Crippen LogP contribution >= 0.6 is 11.8 Å². The largest absolute Gasteiger partial charge is 0.508 e. The minimum absolute atomic E-state index is 0.135. The average Bonchev–Trinajstić information content (AvgIpc) is 2.85. The molecule has 0 spiro atoms. The molecule has 4 N–H and O–H groups in total. The zero-order valence-electron chi connectivity index (χ0n) is 23.9. The Balaban J connectivity index is 2.14. The molecule has 0 saturated heterocycles. The second-order valence-electron chi connectivity index (χ2n) is 10.7. The van der Waals surface area contributed by atoms with Gasteiger partial charge in [0.1, 0.15) is 23.4 Å². The molecule has 2 aromatic rings. The van der Waals surface area contributed by atoms with Gasteiger partial charge in [-0.05, 0) is 100 Å². The van der Waals surface area contributed by atoms with Crippen LogP contribution in [-0.4, -0.2) is 59.3 Å². The van der Waals surface area contributed by atoms with Crippen molar-refractivity contribution >= 4 is 29.7 Å². The lowest BCUT2D eigenvalue weighted by Crippen LogP contribution is -2.55. The number of alkyl carbamates (subject to hydrolysis) is 1. The summed E-state index contributed by atoms with van der Waals surface area (Å²) in [5.41, 5.74) is 2.89. The minimum atomic E-state index is -0.982. The number of carbonyl (C=O) groups excluding carboxylic acids is 3. The number of phenolic OH excluding ortho intramolecular Hbond substituents is 1. The van der Waals surface area contributed by atoms with Crippen LogP contribution in [0.5, 0.6) is 5.75 Å². The van der Waals surface area contributed by atoms with Crippen molar-refractivity contribution in [3.8, 4) is 5.75 Å². The van der Waals surface area contributed by atoms with Gasteiger partial charge in [-0.2, -0.15) is 11.8 Å². The van der Waals surface area contributed by atoms with E-state index in [2.05, 4.69) is 28.1 Å². The number of hydrogen-bond acceptors (Lipinski definition) is 6. The lowest BCUT2D eigenvalue weighted by molar-refractivity contribution is -0.130. The van der Waals surface area contributed by atoms with Gasteiger partial charge in [-0.1, -0.05) is 30.3 Å². The fourth-order valence-corrected chi connectivity index (χ4v) is 4.68. The Labute approximate surface area is 236 Å². The molecule has 0 saturated carbocycles. The number of phenols is 1. The zero-order valence-corrected chi connectivity index (χ0v) is 24.7. The summed E-state index contributed by atoms with van der Waals surface area (Å²) < 4.78 is 5.40. The summed E-state index contributed by atoms with van der Waals surface area (Å²) in [6.07, 6.45) is 3.48. The Morgan fingerprint density at radius 1 is 0.974 bits per heavy atom. The first-order chi connectivity index (χ1) is 18.4. The van der Waals surface area contributed by atoms with Crippen molar-refractivity contribution in [3.05, 3.63) is 64.7 Å². The van der Waals surface area contributed by atoms with Crippen molar-refractivity contribution < 1.29 is 24.2 Å². The Morgan fingerprint density at radius 2 is 1.62 bits per heavy atom. The molecule has 0 heterocycles. The molecule has 0 unspecified atom stereocenters. The van der Waals surface area contributed by atoms with Gasteiger partial charge >= 0.3 is 6.09 Å². The summed E-state index contributed by atoms with van der Waals surface area (Å²) >= 11 is 1.59. The maximum atomic E-state index is 13.5. The smallest absolute Gasteiger partial charge is 0.408 e. The highest BCUT2D eigenvalue weighted by molar-refractivity contribution is 7.98. The van der Waals surface area contributed by atoms with Crippen LogP contribution in [-0.2, 0) is 27.2 Å². The first-order valence-electron chi connectivity index (χ1n) is 13.3. The molecule has 0 radical (unpaired) electrons. The van der Waals surface area contributed by atoms with Gasteiger partial charge < -0.3 is 25.8 Å². The molecular formula is C30H43N3O5S. The molecule has 2 rings (SSSR count). The van der Waals surface area contributed by atoms with Crippen molar-refractivity contribution in [2.75, 3.05) is 18.6 Å². The normalized spacial score (nSPS) is 12.8. The van der Waals surface area contributed by atoms with Crippen LogP contribution in [0.25, 0.3) is 0 Å². The molecule has 0 aromatic heterocycles. The topological polar surface area (TPSA) is 117 Å². The van der Waals surface area contributed by atoms with E-state index in [0.29, 0.717) is 18.7 Å². The first-order valence-corrected chi connectivity index (χ1v) is 14.7. The van der Waals surface area contributed by atoms with E-state index in [1.807, 2.05) is 38.3 Å². The highest BCUT2D eigenvalue weighted by Gasteiger charge is 2.29. The Kier molecular flexibility index (Phi) is 12.6. The summed E-state index contributed by atoms with van der Waals surface area (Å²) in [6, 6.07) is 11.6. The summed E-state index contributed by atoms with van der Waals surface area (Å²) in [5.74, 6) is 0.0931. The summed E-state index contributed by atoms with van der Waals surface area (Å²) in [5, 5.41) is 18.4. The van der Waals surface area contributed by atoms with Crippen LogP contribution in [0.1, 0.15) is 55.9 Å². The standard InChI is InChI=1S/C30H43N3O5S/c1-20-17-23(34)18-21(2)24(20)19-26(33-29(37)38-30(3,4)5)28(36)32-25(14-16-39-6)27(35)31-15-10-13-22-11-8-7-9-12-22/h7-9,11-12,17-18,25-26,34H,10,13-16,19H2,1-6H3,(H,31,35)(H,32,36)(H,33,37)/t25-,26-/m1/s1. The second-order valence-corrected chi connectivity index (χ2v) is 11.7. The number of rotatable bonds is 13. The molecule has 0 aliphatic heterocycles. The van der Waals surface area contributed by atoms with Crippen LogP contribution in [0.3, 0.4) is 0 Å². The number of aryl methyl sites for hydroxylation is 3. The van der Waals surface area contributed by atoms with Gasteiger partial charge in [-0.3, -0.25) is 9.59 Å². The third kappa shape index (κ3) is 11.6. The molecule has 8 nitrogen and oxygen atoms in total. The molecule has 0 aliphatic rings. The number of ether oxygens (including phenoxy) is 1. The summed E-state index contributed by atoms with van der Waals surface area (Å²) in [6.45, 7) is 9.41. The average molecular weight is 558 g/mol. The van der Waals surface area contributed by atoms with Crippen molar-refractivity contribution in [1.82, 2.24) is 16.0 Å². The highest BCUT2D eigenvalue weighted by Crippen LogP contribution is 2.22. The lowest BCUT2D eigenvalue weighted by atomic mass is 9.95. The van der Waals surface area contributed by atoms with Gasteiger partial charge in [0.2, 0.25) is 11.8 Å². The lowest BCUT2D eigenvalue weighted by Gasteiger charge is -2.26. The third-order valence-electron chi connectivity index (χ3n) is 6.12. The molecule has 9 heteroatoms. The molecule has 2 atom stereocenters. The van der Waals surface area contributed by atoms with Gasteiger partial charge in [-0.15, -0.1) is 0 Å². The summed E-state index contributed by atoms with van der Waals surface area (Å²) in [7, 11) is 0. The summed E-state index contributed by atoms with van der Waals surface area (Å²) in [4.78, 5) is 39.2. The fourth-order valence-electron chi connectivity index (χ4n) is 4.20. The fraction of sp³-hybridized carbons (Fsp3) is 0.500. The Hall–Kier alpha value is -3.20. The van der Waals surface area contributed by atoms with Gasteiger partial charge in [-0.25, -0.2) is 4.79 Å². The molecule has 2 aromatic carbocycles. The number of nitrogens with one attached hydrogen (secondary N) is 3. The molecule has 0 fully saturated rings. The van der Waals surface area contributed by atoms with Crippen molar-refractivity contribution in [2.24, 2.45) is 0 Å². The van der Waals surface area contributed by atoms with Crippen molar-refractivity contribution in [3.63, 3.8) is 0 Å². The van der Waals surface area contributed by atoms with Gasteiger partial charge in [0.15, 0.2) is 0 Å². The van der Waals surface area contributed by atoms with Crippen LogP contribution < -0.4 is 16.0 Å². The number of benzene rings is 2. The predicted molar refractivity (Wildman–Crippen MR) is 157 cm³/mol. The van der Waals surface area contributed by atoms with Gasteiger partial charge in [0, 0.05) is 13.0 Å². The molecular weight excluding hydrogens is 514 g/mol. The monoisotopic (exact) mass is 557 g/mol. The molecule has 0 bridgehead atoms. The van der Waals surface area contributed by atoms with E-state index in [1.54, 1.807) is 44.7 Å². The van der Waals surface area contributed by atoms with E-state index in [9.17, 15) is 19.5 Å². The molecule has 39 heavy (non-hydrogen) atoms. The van der Waals surface area contributed by atoms with Gasteiger partial charge in [0.25, 0.3) is 0 Å². The maximum Gasteiger partial charge on any atom is 0.408 e. The predicted octanol–water partition coefficient (Wildman–Crippen LogP) is 4.43. The van der Waals surface area contributed by atoms with E-state index in [4.69, 9.17) is 4.74 Å². The minimum Gasteiger partial charge on any atom is -0.508 e. The van der Waals surface area contributed by atoms with Crippen LogP contribution in [0, 0.1) is 13.8 Å². The van der Waals surface area contributed by atoms with E-state index >= 15 is 0 Å². The van der Waals surface area contributed by atoms with E-state index < -0.39 is 29.7 Å². The second kappa shape index (κ2) is 15.4. The Bertz CT molecular complexity index is 1080. The van der Waals surface area contributed by atoms with Crippen LogP contribution in [0.4, 0.5) is 4.79 Å². The number of carbonyl (C=O) groups is 3. The number of aromatic hydroxyl groups is 1. The van der Waals surface area contributed by atoms with E-state index in [0.717, 1.165) is 29.5 Å². The van der Waals surface area contributed by atoms with Gasteiger partial charge in [0.05, 0.1) is 0 Å². The van der Waals surface area contributed by atoms with Crippen molar-refractivity contribution in [2.45, 2.75) is 78.0 Å². The highest BCUT2D eigenvalue weighted by atomic mass is 32.2. The Morgan fingerprint density at radius 3 is 2.21 bits per heavy atom. The zero-order chi connectivity index (χ0) is 29.0. The van der Waals surface area contributed by atoms with Crippen molar-refractivity contribution in [1.29, 1.82) is 0 Å². The maximum absolute atomic E-state index is 13.5. The quantitative estimate of drug-likeness (QED) is 0.271. The SMILES string of the molecule is CSCC[C@@H](NC(=O)[C@@H](Cc1c(C)cc(O)cc1C)NC(=O)OC(C)(C)C)C(=O)NCCCc1ccccc1. The number of amides is 3. The van der Waals surface area contributed by atoms with E-state index in [-0.39, 0.29) is 18.1 Å². The van der Waals surface area contributed by atoms with E-state index in [1.165, 1.54) is 5.56 Å².